The third-order valence-electron chi connectivity index (χ3n) is 3.61. The molecule has 3 rings (SSSR count). The van der Waals surface area contributed by atoms with Crippen molar-refractivity contribution in [3.63, 3.8) is 0 Å². The van der Waals surface area contributed by atoms with Gasteiger partial charge in [-0.05, 0) is 43.0 Å². The largest absolute Gasteiger partial charge is 0.338 e. The van der Waals surface area contributed by atoms with E-state index in [0.717, 1.165) is 28.9 Å². The van der Waals surface area contributed by atoms with E-state index in [1.807, 2.05) is 5.38 Å². The van der Waals surface area contributed by atoms with Crippen molar-refractivity contribution in [3.05, 3.63) is 51.5 Å². The van der Waals surface area contributed by atoms with Gasteiger partial charge in [-0.2, -0.15) is 0 Å². The fraction of sp³-hybridized carbons (Fsp3) is 0.375. The molecule has 0 spiro atoms. The van der Waals surface area contributed by atoms with Gasteiger partial charge in [0.2, 0.25) is 0 Å². The number of halogens is 2. The lowest BCUT2D eigenvalue weighted by molar-refractivity contribution is 0.240. The van der Waals surface area contributed by atoms with Gasteiger partial charge in [0.1, 0.15) is 11.6 Å². The van der Waals surface area contributed by atoms with Crippen LogP contribution in [0, 0.1) is 11.6 Å². The average Bonchev–Trinajstić information content (AvgIpc) is 3.27. The Labute approximate surface area is 136 Å². The summed E-state index contributed by atoms with van der Waals surface area (Å²) in [6, 6.07) is 2.96. The highest BCUT2D eigenvalue weighted by Gasteiger charge is 2.26. The van der Waals surface area contributed by atoms with Gasteiger partial charge in [-0.3, -0.25) is 0 Å². The van der Waals surface area contributed by atoms with E-state index in [-0.39, 0.29) is 24.6 Å². The molecule has 2 aromatic rings. The van der Waals surface area contributed by atoms with Crippen molar-refractivity contribution < 1.29 is 13.6 Å². The normalized spacial score (nSPS) is 13.8. The molecular weight excluding hydrogens is 320 g/mol. The summed E-state index contributed by atoms with van der Waals surface area (Å²) in [4.78, 5) is 16.2. The second-order valence-corrected chi connectivity index (χ2v) is 6.44. The Morgan fingerprint density at radius 3 is 2.91 bits per heavy atom. The van der Waals surface area contributed by atoms with Gasteiger partial charge < -0.3 is 10.6 Å². The van der Waals surface area contributed by atoms with Crippen molar-refractivity contribution in [2.45, 2.75) is 31.7 Å². The van der Waals surface area contributed by atoms with E-state index in [0.29, 0.717) is 12.5 Å². The van der Waals surface area contributed by atoms with Gasteiger partial charge in [0.05, 0.1) is 17.2 Å². The number of thiazole rings is 1. The Kier molecular flexibility index (Phi) is 4.85. The molecule has 122 valence electrons. The molecule has 7 heteroatoms. The molecule has 0 saturated heterocycles. The van der Waals surface area contributed by atoms with Gasteiger partial charge in [-0.25, -0.2) is 18.6 Å². The summed E-state index contributed by atoms with van der Waals surface area (Å²) in [6.45, 7) is 0.597. The van der Waals surface area contributed by atoms with E-state index in [1.54, 1.807) is 11.3 Å². The van der Waals surface area contributed by atoms with Crippen LogP contribution in [0.3, 0.4) is 0 Å². The minimum absolute atomic E-state index is 0.233. The molecule has 0 radical (unpaired) electrons. The Hall–Kier alpha value is -2.02. The second-order valence-electron chi connectivity index (χ2n) is 5.55. The van der Waals surface area contributed by atoms with Gasteiger partial charge in [-0.15, -0.1) is 11.3 Å². The summed E-state index contributed by atoms with van der Waals surface area (Å²) in [5.74, 6) is -0.340. The van der Waals surface area contributed by atoms with Crippen molar-refractivity contribution in [2.24, 2.45) is 0 Å². The Morgan fingerprint density at radius 2 is 2.13 bits per heavy atom. The van der Waals surface area contributed by atoms with Gasteiger partial charge in [0.15, 0.2) is 0 Å². The minimum Gasteiger partial charge on any atom is -0.338 e. The first kappa shape index (κ1) is 15.9. The molecule has 0 unspecified atom stereocenters. The number of benzene rings is 1. The van der Waals surface area contributed by atoms with Gasteiger partial charge in [-0.1, -0.05) is 0 Å². The first-order valence-electron chi connectivity index (χ1n) is 7.52. The number of urea groups is 1. The predicted octanol–water partition coefficient (Wildman–Crippen LogP) is 3.34. The molecule has 0 aliphatic heterocycles. The quantitative estimate of drug-likeness (QED) is 0.849. The van der Waals surface area contributed by atoms with Crippen molar-refractivity contribution in [3.8, 4) is 0 Å². The average molecular weight is 337 g/mol. The molecule has 2 N–H and O–H groups in total. The summed E-state index contributed by atoms with van der Waals surface area (Å²) in [6.07, 6.45) is 2.65. The van der Waals surface area contributed by atoms with Crippen molar-refractivity contribution >= 4 is 17.4 Å². The van der Waals surface area contributed by atoms with Crippen molar-refractivity contribution in [1.82, 2.24) is 15.6 Å². The van der Waals surface area contributed by atoms with Crippen LogP contribution in [0.1, 0.15) is 35.0 Å². The number of carbonyl (C=O) groups excluding carboxylic acids is 1. The molecule has 2 amide bonds. The van der Waals surface area contributed by atoms with Crippen LogP contribution in [-0.2, 0) is 13.0 Å². The molecule has 1 aliphatic rings. The number of nitrogens with zero attached hydrogens (tertiary/aromatic N) is 1. The van der Waals surface area contributed by atoms with E-state index >= 15 is 0 Å². The van der Waals surface area contributed by atoms with Gasteiger partial charge >= 0.3 is 6.03 Å². The fourth-order valence-corrected chi connectivity index (χ4v) is 3.19. The highest BCUT2D eigenvalue weighted by atomic mass is 32.1. The van der Waals surface area contributed by atoms with Crippen LogP contribution in [0.15, 0.2) is 23.6 Å². The Bertz CT molecular complexity index is 700. The highest BCUT2D eigenvalue weighted by molar-refractivity contribution is 7.09. The molecule has 0 bridgehead atoms. The summed E-state index contributed by atoms with van der Waals surface area (Å²) in [7, 11) is 0. The highest BCUT2D eigenvalue weighted by Crippen LogP contribution is 2.41. The number of carbonyl (C=O) groups is 1. The molecule has 1 saturated carbocycles. The SMILES string of the molecule is O=C(NCCc1cc(F)ccc1F)NCc1csc(C2CC2)n1. The maximum absolute atomic E-state index is 13.4. The van der Waals surface area contributed by atoms with Gasteiger partial charge in [0.25, 0.3) is 0 Å². The van der Waals surface area contributed by atoms with Crippen LogP contribution in [0.4, 0.5) is 13.6 Å². The maximum atomic E-state index is 13.4. The summed E-state index contributed by atoms with van der Waals surface area (Å²) >= 11 is 1.63. The molecule has 1 aromatic heterocycles. The van der Waals surface area contributed by atoms with Gasteiger partial charge in [0, 0.05) is 17.8 Å². The zero-order valence-electron chi connectivity index (χ0n) is 12.4. The first-order valence-corrected chi connectivity index (χ1v) is 8.39. The molecular formula is C16H17F2N3OS. The van der Waals surface area contributed by atoms with Crippen LogP contribution >= 0.6 is 11.3 Å². The fourth-order valence-electron chi connectivity index (χ4n) is 2.20. The topological polar surface area (TPSA) is 54.0 Å². The lowest BCUT2D eigenvalue weighted by Gasteiger charge is -2.07. The van der Waals surface area contributed by atoms with E-state index in [4.69, 9.17) is 0 Å². The summed E-state index contributed by atoms with van der Waals surface area (Å²) < 4.78 is 26.5. The van der Waals surface area contributed by atoms with Crippen LogP contribution in [0.5, 0.6) is 0 Å². The number of hydrogen-bond donors (Lipinski definition) is 2. The predicted molar refractivity (Wildman–Crippen MR) is 84.4 cm³/mol. The smallest absolute Gasteiger partial charge is 0.315 e. The van der Waals surface area contributed by atoms with Crippen LogP contribution in [-0.4, -0.2) is 17.6 Å². The number of hydrogen-bond acceptors (Lipinski definition) is 3. The Morgan fingerprint density at radius 1 is 1.30 bits per heavy atom. The Balaban J connectivity index is 1.39. The zero-order valence-corrected chi connectivity index (χ0v) is 13.3. The summed E-state index contributed by atoms with van der Waals surface area (Å²) in [5.41, 5.74) is 1.10. The van der Waals surface area contributed by atoms with E-state index in [2.05, 4.69) is 15.6 Å². The molecule has 1 fully saturated rings. The van der Waals surface area contributed by atoms with Crippen LogP contribution in [0.25, 0.3) is 0 Å². The minimum atomic E-state index is -0.485. The molecule has 1 aliphatic carbocycles. The molecule has 1 aromatic carbocycles. The lowest BCUT2D eigenvalue weighted by Crippen LogP contribution is -2.36. The molecule has 23 heavy (non-hydrogen) atoms. The molecule has 0 atom stereocenters. The van der Waals surface area contributed by atoms with Crippen LogP contribution < -0.4 is 10.6 Å². The second kappa shape index (κ2) is 7.04. The standard InChI is InChI=1S/C16H17F2N3OS/c17-12-3-4-14(18)11(7-12)5-6-19-16(22)20-8-13-9-23-15(21-13)10-1-2-10/h3-4,7,9-10H,1-2,5-6,8H2,(H2,19,20,22). The number of rotatable bonds is 6. The third-order valence-corrected chi connectivity index (χ3v) is 4.67. The monoisotopic (exact) mass is 337 g/mol. The van der Waals surface area contributed by atoms with E-state index in [1.165, 1.54) is 12.8 Å². The number of aromatic nitrogens is 1. The molecule has 1 heterocycles. The lowest BCUT2D eigenvalue weighted by atomic mass is 10.1. The molecule has 4 nitrogen and oxygen atoms in total. The third kappa shape index (κ3) is 4.48. The van der Waals surface area contributed by atoms with Crippen molar-refractivity contribution in [1.29, 1.82) is 0 Å². The van der Waals surface area contributed by atoms with E-state index < -0.39 is 11.6 Å². The first-order chi connectivity index (χ1) is 11.1. The number of nitrogens with one attached hydrogen (secondary N) is 2. The summed E-state index contributed by atoms with van der Waals surface area (Å²) in [5, 5.41) is 8.43. The van der Waals surface area contributed by atoms with E-state index in [9.17, 15) is 13.6 Å². The van der Waals surface area contributed by atoms with Crippen LogP contribution in [0.2, 0.25) is 0 Å². The van der Waals surface area contributed by atoms with Crippen molar-refractivity contribution in [2.75, 3.05) is 6.54 Å². The zero-order chi connectivity index (χ0) is 16.2. The number of amides is 2. The maximum Gasteiger partial charge on any atom is 0.315 e.